The fourth-order valence-electron chi connectivity index (χ4n) is 2.15. The maximum atomic E-state index is 11.7. The van der Waals surface area contributed by atoms with E-state index in [-0.39, 0.29) is 5.75 Å². The molecule has 0 fully saturated rings. The van der Waals surface area contributed by atoms with E-state index >= 15 is 0 Å². The summed E-state index contributed by atoms with van der Waals surface area (Å²) >= 11 is 0. The number of carbonyl (C=O) groups is 1. The number of aldehydes is 1. The SMILES string of the molecule is O=Cc1c[nH]c2cc3c(cc12)CCS3(=O)=O. The molecule has 4 nitrogen and oxygen atoms in total. The van der Waals surface area contributed by atoms with Gasteiger partial charge in [0.15, 0.2) is 16.1 Å². The van der Waals surface area contributed by atoms with Crippen molar-refractivity contribution < 1.29 is 13.2 Å². The van der Waals surface area contributed by atoms with Crippen LogP contribution < -0.4 is 0 Å². The van der Waals surface area contributed by atoms with Gasteiger partial charge in [-0.15, -0.1) is 0 Å². The van der Waals surface area contributed by atoms with E-state index in [0.29, 0.717) is 22.4 Å². The molecule has 0 amide bonds. The average Bonchev–Trinajstić information content (AvgIpc) is 2.78. The Morgan fingerprint density at radius 2 is 2.12 bits per heavy atom. The van der Waals surface area contributed by atoms with Crippen LogP contribution in [0.1, 0.15) is 15.9 Å². The summed E-state index contributed by atoms with van der Waals surface area (Å²) in [6, 6.07) is 3.43. The summed E-state index contributed by atoms with van der Waals surface area (Å²) < 4.78 is 23.4. The molecule has 1 N–H and O–H groups in total. The van der Waals surface area contributed by atoms with Gasteiger partial charge in [-0.1, -0.05) is 0 Å². The molecule has 16 heavy (non-hydrogen) atoms. The number of benzene rings is 1. The molecule has 0 spiro atoms. The number of sulfone groups is 1. The van der Waals surface area contributed by atoms with Gasteiger partial charge < -0.3 is 4.98 Å². The Balaban J connectivity index is 2.40. The van der Waals surface area contributed by atoms with Gasteiger partial charge in [0, 0.05) is 22.7 Å². The number of nitrogens with one attached hydrogen (secondary N) is 1. The van der Waals surface area contributed by atoms with Crippen molar-refractivity contribution in [1.82, 2.24) is 4.98 Å². The van der Waals surface area contributed by atoms with Gasteiger partial charge >= 0.3 is 0 Å². The molecule has 0 saturated heterocycles. The summed E-state index contributed by atoms with van der Waals surface area (Å²) in [4.78, 5) is 14.1. The van der Waals surface area contributed by atoms with Gasteiger partial charge in [-0.2, -0.15) is 0 Å². The molecule has 2 heterocycles. The summed E-state index contributed by atoms with van der Waals surface area (Å²) in [6.45, 7) is 0. The first-order valence-corrected chi connectivity index (χ1v) is 6.59. The molecule has 0 saturated carbocycles. The second-order valence-corrected chi connectivity index (χ2v) is 6.01. The number of aromatic amines is 1. The predicted molar refractivity (Wildman–Crippen MR) is 59.4 cm³/mol. The van der Waals surface area contributed by atoms with Gasteiger partial charge in [0.05, 0.1) is 10.6 Å². The first-order chi connectivity index (χ1) is 7.62. The highest BCUT2D eigenvalue weighted by Gasteiger charge is 2.27. The van der Waals surface area contributed by atoms with Gasteiger partial charge in [-0.05, 0) is 24.1 Å². The average molecular weight is 235 g/mol. The van der Waals surface area contributed by atoms with Crippen LogP contribution in [0.2, 0.25) is 0 Å². The Labute approximate surface area is 92.2 Å². The number of aromatic nitrogens is 1. The lowest BCUT2D eigenvalue weighted by molar-refractivity contribution is 0.112. The van der Waals surface area contributed by atoms with Gasteiger partial charge in [-0.3, -0.25) is 4.79 Å². The lowest BCUT2D eigenvalue weighted by Gasteiger charge is -1.99. The highest BCUT2D eigenvalue weighted by molar-refractivity contribution is 7.91. The molecule has 5 heteroatoms. The zero-order valence-corrected chi connectivity index (χ0v) is 9.17. The van der Waals surface area contributed by atoms with Gasteiger partial charge in [0.1, 0.15) is 0 Å². The van der Waals surface area contributed by atoms with Gasteiger partial charge in [-0.25, -0.2) is 8.42 Å². The Hall–Kier alpha value is -1.62. The molecule has 82 valence electrons. The Morgan fingerprint density at radius 3 is 2.88 bits per heavy atom. The molecule has 0 radical (unpaired) electrons. The molecule has 0 aliphatic carbocycles. The van der Waals surface area contributed by atoms with E-state index in [2.05, 4.69) is 4.98 Å². The number of aryl methyl sites for hydroxylation is 1. The Kier molecular flexibility index (Phi) is 1.77. The second kappa shape index (κ2) is 2.95. The smallest absolute Gasteiger partial charge is 0.179 e. The zero-order valence-electron chi connectivity index (χ0n) is 8.36. The predicted octanol–water partition coefficient (Wildman–Crippen LogP) is 1.31. The summed E-state index contributed by atoms with van der Waals surface area (Å²) in [5.74, 6) is 0.172. The largest absolute Gasteiger partial charge is 0.360 e. The third-order valence-corrected chi connectivity index (χ3v) is 4.79. The molecule has 1 aromatic carbocycles. The van der Waals surface area contributed by atoms with Crippen LogP contribution in [0.3, 0.4) is 0 Å². The fourth-order valence-corrected chi connectivity index (χ4v) is 3.72. The molecule has 3 rings (SSSR count). The molecule has 1 aliphatic rings. The van der Waals surface area contributed by atoms with Gasteiger partial charge in [0.2, 0.25) is 0 Å². The summed E-state index contributed by atoms with van der Waals surface area (Å²) in [5, 5.41) is 0.797. The molecular formula is C11H9NO3S. The van der Waals surface area contributed by atoms with Crippen molar-refractivity contribution in [2.45, 2.75) is 11.3 Å². The normalized spacial score (nSPS) is 17.5. The fraction of sp³-hybridized carbons (Fsp3) is 0.182. The quantitative estimate of drug-likeness (QED) is 0.758. The van der Waals surface area contributed by atoms with E-state index < -0.39 is 9.84 Å². The summed E-state index contributed by atoms with van der Waals surface area (Å²) in [6.07, 6.45) is 2.91. The lowest BCUT2D eigenvalue weighted by Crippen LogP contribution is -1.98. The molecule has 1 aliphatic heterocycles. The van der Waals surface area contributed by atoms with Crippen molar-refractivity contribution in [3.05, 3.63) is 29.5 Å². The van der Waals surface area contributed by atoms with Crippen molar-refractivity contribution in [1.29, 1.82) is 0 Å². The number of fused-ring (bicyclic) bond motifs is 2. The van der Waals surface area contributed by atoms with Crippen molar-refractivity contribution in [2.75, 3.05) is 5.75 Å². The van der Waals surface area contributed by atoms with Crippen molar-refractivity contribution in [3.8, 4) is 0 Å². The highest BCUT2D eigenvalue weighted by Crippen LogP contribution is 2.30. The first kappa shape index (κ1) is 9.59. The Bertz CT molecular complexity index is 697. The second-order valence-electron chi connectivity index (χ2n) is 3.94. The minimum atomic E-state index is -3.10. The molecule has 0 atom stereocenters. The van der Waals surface area contributed by atoms with Crippen LogP contribution in [0, 0.1) is 0 Å². The maximum Gasteiger partial charge on any atom is 0.179 e. The number of H-pyrrole nitrogens is 1. The molecule has 2 aromatic rings. The first-order valence-electron chi connectivity index (χ1n) is 4.94. The molecule has 0 bridgehead atoms. The topological polar surface area (TPSA) is 67.0 Å². The Morgan fingerprint density at radius 1 is 1.31 bits per heavy atom. The van der Waals surface area contributed by atoms with Crippen LogP contribution in [0.25, 0.3) is 10.9 Å². The summed E-state index contributed by atoms with van der Waals surface area (Å²) in [7, 11) is -3.10. The van der Waals surface area contributed by atoms with E-state index in [9.17, 15) is 13.2 Å². The van der Waals surface area contributed by atoms with Crippen LogP contribution in [0.4, 0.5) is 0 Å². The maximum absolute atomic E-state index is 11.7. The standard InChI is InChI=1S/C11H9NO3S/c13-6-8-5-12-10-4-11-7(3-9(8)10)1-2-16(11,14)15/h3-6,12H,1-2H2. The molecule has 0 unspecified atom stereocenters. The third-order valence-electron chi connectivity index (χ3n) is 3.00. The number of hydrogen-bond acceptors (Lipinski definition) is 3. The minimum absolute atomic E-state index is 0.172. The number of rotatable bonds is 1. The monoisotopic (exact) mass is 235 g/mol. The minimum Gasteiger partial charge on any atom is -0.360 e. The van der Waals surface area contributed by atoms with Crippen LogP contribution >= 0.6 is 0 Å². The third kappa shape index (κ3) is 1.15. The summed E-state index contributed by atoms with van der Waals surface area (Å²) in [5.41, 5.74) is 2.09. The van der Waals surface area contributed by atoms with E-state index in [4.69, 9.17) is 0 Å². The van der Waals surface area contributed by atoms with Crippen LogP contribution in [0.15, 0.2) is 23.2 Å². The van der Waals surface area contributed by atoms with E-state index in [1.807, 2.05) is 0 Å². The number of carbonyl (C=O) groups excluding carboxylic acids is 1. The van der Waals surface area contributed by atoms with Gasteiger partial charge in [0.25, 0.3) is 0 Å². The molecular weight excluding hydrogens is 226 g/mol. The number of hydrogen-bond donors (Lipinski definition) is 1. The van der Waals surface area contributed by atoms with E-state index in [0.717, 1.165) is 17.2 Å². The lowest BCUT2D eigenvalue weighted by atomic mass is 10.1. The van der Waals surface area contributed by atoms with Crippen LogP contribution in [-0.2, 0) is 16.3 Å². The van der Waals surface area contributed by atoms with Crippen molar-refractivity contribution >= 4 is 27.0 Å². The van der Waals surface area contributed by atoms with Crippen LogP contribution in [-0.4, -0.2) is 25.4 Å². The van der Waals surface area contributed by atoms with E-state index in [1.54, 1.807) is 18.3 Å². The highest BCUT2D eigenvalue weighted by atomic mass is 32.2. The molecule has 1 aromatic heterocycles. The van der Waals surface area contributed by atoms with Crippen molar-refractivity contribution in [2.24, 2.45) is 0 Å². The zero-order chi connectivity index (χ0) is 11.3. The van der Waals surface area contributed by atoms with Crippen molar-refractivity contribution in [3.63, 3.8) is 0 Å². The van der Waals surface area contributed by atoms with Crippen LogP contribution in [0.5, 0.6) is 0 Å². The van der Waals surface area contributed by atoms with E-state index in [1.165, 1.54) is 0 Å².